The molecule has 3 aliphatic rings. The molecule has 1 atom stereocenters. The first-order chi connectivity index (χ1) is 9.41. The third-order valence-electron chi connectivity index (χ3n) is 5.15. The number of nitrogens with one attached hydrogen (secondary N) is 1. The van der Waals surface area contributed by atoms with Crippen molar-refractivity contribution < 1.29 is 9.90 Å². The first kappa shape index (κ1) is 14.3. The van der Waals surface area contributed by atoms with Gasteiger partial charge < -0.3 is 10.0 Å². The van der Waals surface area contributed by atoms with Gasteiger partial charge >= 0.3 is 5.97 Å². The maximum absolute atomic E-state index is 12.0. The zero-order chi connectivity index (χ0) is 14.4. The molecular formula is C16H28N2O2. The van der Waals surface area contributed by atoms with Gasteiger partial charge in [-0.15, -0.1) is 0 Å². The molecule has 0 aromatic rings. The fourth-order valence-electron chi connectivity index (χ4n) is 3.80. The van der Waals surface area contributed by atoms with Gasteiger partial charge in [0, 0.05) is 19.1 Å². The minimum Gasteiger partial charge on any atom is -0.480 e. The van der Waals surface area contributed by atoms with E-state index in [1.165, 1.54) is 12.8 Å². The van der Waals surface area contributed by atoms with Crippen LogP contribution in [0.5, 0.6) is 0 Å². The van der Waals surface area contributed by atoms with Crippen LogP contribution in [0.2, 0.25) is 0 Å². The third-order valence-corrected chi connectivity index (χ3v) is 5.15. The van der Waals surface area contributed by atoms with Crippen LogP contribution in [0.4, 0.5) is 0 Å². The number of carboxylic acids is 1. The molecular weight excluding hydrogens is 252 g/mol. The van der Waals surface area contributed by atoms with E-state index < -0.39 is 11.5 Å². The lowest BCUT2D eigenvalue weighted by atomic mass is 9.82. The molecule has 3 fully saturated rings. The number of aliphatic carboxylic acids is 1. The maximum Gasteiger partial charge on any atom is 0.325 e. The summed E-state index contributed by atoms with van der Waals surface area (Å²) in [4.78, 5) is 14.4. The molecule has 20 heavy (non-hydrogen) atoms. The van der Waals surface area contributed by atoms with E-state index in [1.54, 1.807) is 0 Å². The number of likely N-dealkylation sites (tertiary alicyclic amines) is 1. The number of hydrogen-bond donors (Lipinski definition) is 2. The van der Waals surface area contributed by atoms with Crippen LogP contribution in [-0.2, 0) is 4.79 Å². The molecule has 1 heterocycles. The quantitative estimate of drug-likeness (QED) is 0.782. The number of carboxylic acid groups (broad SMARTS) is 1. The minimum absolute atomic E-state index is 0.325. The Morgan fingerprint density at radius 3 is 2.55 bits per heavy atom. The summed E-state index contributed by atoms with van der Waals surface area (Å²) in [6, 6.07) is 0.449. The van der Waals surface area contributed by atoms with Gasteiger partial charge in [-0.05, 0) is 56.4 Å². The first-order valence-electron chi connectivity index (χ1n) is 8.15. The van der Waals surface area contributed by atoms with Gasteiger partial charge in [-0.3, -0.25) is 10.1 Å². The average Bonchev–Trinajstić information content (AvgIpc) is 3.21. The van der Waals surface area contributed by atoms with Crippen molar-refractivity contribution in [3.05, 3.63) is 0 Å². The van der Waals surface area contributed by atoms with Crippen LogP contribution in [0.3, 0.4) is 0 Å². The Labute approximate surface area is 121 Å². The molecule has 1 saturated heterocycles. The molecule has 0 aromatic heterocycles. The van der Waals surface area contributed by atoms with Crippen LogP contribution in [-0.4, -0.2) is 47.2 Å². The van der Waals surface area contributed by atoms with Crippen molar-refractivity contribution in [3.8, 4) is 0 Å². The van der Waals surface area contributed by atoms with Gasteiger partial charge in [0.2, 0.25) is 0 Å². The summed E-state index contributed by atoms with van der Waals surface area (Å²) in [5, 5.41) is 13.4. The normalized spacial score (nSPS) is 29.9. The van der Waals surface area contributed by atoms with Gasteiger partial charge in [0.1, 0.15) is 5.54 Å². The topological polar surface area (TPSA) is 52.6 Å². The van der Waals surface area contributed by atoms with Gasteiger partial charge in [-0.1, -0.05) is 13.8 Å². The first-order valence-corrected chi connectivity index (χ1v) is 8.15. The molecule has 0 bridgehead atoms. The molecule has 2 saturated carbocycles. The molecule has 3 rings (SSSR count). The van der Waals surface area contributed by atoms with Gasteiger partial charge in [-0.2, -0.15) is 0 Å². The van der Waals surface area contributed by atoms with Crippen LogP contribution < -0.4 is 5.32 Å². The second-order valence-corrected chi connectivity index (χ2v) is 7.95. The molecule has 4 nitrogen and oxygen atoms in total. The van der Waals surface area contributed by atoms with Gasteiger partial charge in [0.25, 0.3) is 0 Å². The van der Waals surface area contributed by atoms with Crippen molar-refractivity contribution in [2.75, 3.05) is 19.6 Å². The largest absolute Gasteiger partial charge is 0.480 e. The minimum atomic E-state index is -0.686. The summed E-state index contributed by atoms with van der Waals surface area (Å²) < 4.78 is 0. The molecule has 1 aliphatic heterocycles. The smallest absolute Gasteiger partial charge is 0.325 e. The zero-order valence-electron chi connectivity index (χ0n) is 12.8. The van der Waals surface area contributed by atoms with Crippen LogP contribution in [0.15, 0.2) is 0 Å². The van der Waals surface area contributed by atoms with Crippen LogP contribution in [0.25, 0.3) is 0 Å². The Balaban J connectivity index is 1.73. The average molecular weight is 280 g/mol. The number of hydrogen-bond acceptors (Lipinski definition) is 3. The lowest BCUT2D eigenvalue weighted by Gasteiger charge is -2.43. The zero-order valence-corrected chi connectivity index (χ0v) is 12.8. The van der Waals surface area contributed by atoms with Crippen LogP contribution >= 0.6 is 0 Å². The predicted molar refractivity (Wildman–Crippen MR) is 78.7 cm³/mol. The van der Waals surface area contributed by atoms with Gasteiger partial charge in [0.05, 0.1) is 0 Å². The maximum atomic E-state index is 12.0. The summed E-state index contributed by atoms with van der Waals surface area (Å²) in [5.41, 5.74) is -0.361. The molecule has 2 N–H and O–H groups in total. The molecule has 114 valence electrons. The van der Waals surface area contributed by atoms with Gasteiger partial charge in [-0.25, -0.2) is 0 Å². The predicted octanol–water partition coefficient (Wildman–Crippen LogP) is 2.09. The lowest BCUT2D eigenvalue weighted by Crippen LogP contribution is -2.62. The van der Waals surface area contributed by atoms with E-state index in [4.69, 9.17) is 0 Å². The molecule has 0 amide bonds. The number of nitrogens with zero attached hydrogens (tertiary/aromatic N) is 1. The summed E-state index contributed by atoms with van der Waals surface area (Å²) in [6.07, 6.45) is 6.88. The van der Waals surface area contributed by atoms with E-state index in [0.29, 0.717) is 23.9 Å². The Morgan fingerprint density at radius 2 is 2.05 bits per heavy atom. The van der Waals surface area contributed by atoms with E-state index in [1.807, 2.05) is 0 Å². The number of carbonyl (C=O) groups is 1. The van der Waals surface area contributed by atoms with Crippen LogP contribution in [0.1, 0.15) is 52.4 Å². The van der Waals surface area contributed by atoms with Crippen molar-refractivity contribution >= 4 is 5.97 Å². The highest BCUT2D eigenvalue weighted by Crippen LogP contribution is 2.43. The fraction of sp³-hybridized carbons (Fsp3) is 0.938. The molecule has 4 heteroatoms. The summed E-state index contributed by atoms with van der Waals surface area (Å²) in [6.45, 7) is 7.37. The second kappa shape index (κ2) is 4.99. The van der Waals surface area contributed by atoms with E-state index >= 15 is 0 Å². The van der Waals surface area contributed by atoms with Crippen molar-refractivity contribution in [1.29, 1.82) is 0 Å². The summed E-state index contributed by atoms with van der Waals surface area (Å²) in [7, 11) is 0. The van der Waals surface area contributed by atoms with Crippen molar-refractivity contribution in [1.82, 2.24) is 10.2 Å². The van der Waals surface area contributed by atoms with E-state index in [-0.39, 0.29) is 0 Å². The van der Waals surface area contributed by atoms with Crippen molar-refractivity contribution in [3.63, 3.8) is 0 Å². The molecule has 0 aromatic carbocycles. The fourth-order valence-corrected chi connectivity index (χ4v) is 3.80. The standard InChI is InChI=1S/C16H28N2O2/c1-15(2)8-3-9-18(10-15)11-16(14(19)20,12-4-5-12)17-13-6-7-13/h12-13,17H,3-11H2,1-2H3,(H,19,20). The van der Waals surface area contributed by atoms with E-state index in [0.717, 1.165) is 38.8 Å². The van der Waals surface area contributed by atoms with Crippen LogP contribution in [0, 0.1) is 11.3 Å². The van der Waals surface area contributed by atoms with Crippen molar-refractivity contribution in [2.24, 2.45) is 11.3 Å². The SMILES string of the molecule is CC1(C)CCCN(CC(NC2CC2)(C(=O)O)C2CC2)C1. The summed E-state index contributed by atoms with van der Waals surface area (Å²) in [5.74, 6) is -0.291. The number of piperidine rings is 1. The molecule has 0 spiro atoms. The monoisotopic (exact) mass is 280 g/mol. The van der Waals surface area contributed by atoms with E-state index in [2.05, 4.69) is 24.1 Å². The molecule has 2 aliphatic carbocycles. The molecule has 0 radical (unpaired) electrons. The Bertz CT molecular complexity index is 388. The molecule has 1 unspecified atom stereocenters. The Kier molecular flexibility index (Phi) is 3.57. The number of rotatable bonds is 6. The summed E-state index contributed by atoms with van der Waals surface area (Å²) >= 11 is 0. The van der Waals surface area contributed by atoms with Crippen molar-refractivity contribution in [2.45, 2.75) is 64.0 Å². The lowest BCUT2D eigenvalue weighted by molar-refractivity contribution is -0.147. The third kappa shape index (κ3) is 3.01. The Morgan fingerprint density at radius 1 is 1.35 bits per heavy atom. The Hall–Kier alpha value is -0.610. The second-order valence-electron chi connectivity index (χ2n) is 7.95. The highest BCUT2D eigenvalue weighted by molar-refractivity contribution is 5.80. The van der Waals surface area contributed by atoms with Gasteiger partial charge in [0.15, 0.2) is 0 Å². The van der Waals surface area contributed by atoms with E-state index in [9.17, 15) is 9.90 Å². The highest BCUT2D eigenvalue weighted by atomic mass is 16.4. The highest BCUT2D eigenvalue weighted by Gasteiger charge is 2.54.